The molecule has 0 saturated carbocycles. The van der Waals surface area contributed by atoms with Gasteiger partial charge in [-0.25, -0.2) is 4.79 Å². The molecule has 0 aliphatic carbocycles. The van der Waals surface area contributed by atoms with Gasteiger partial charge in [-0.3, -0.25) is 33.7 Å². The van der Waals surface area contributed by atoms with Gasteiger partial charge in [-0.05, 0) is 61.7 Å². The first-order valence-corrected chi connectivity index (χ1v) is 15.2. The fourth-order valence-electron chi connectivity index (χ4n) is 4.20. The molecule has 1 aliphatic heterocycles. The molecule has 4 N–H and O–H groups in total. The van der Waals surface area contributed by atoms with E-state index in [1.54, 1.807) is 38.1 Å². The highest BCUT2D eigenvalue weighted by Crippen LogP contribution is 2.29. The zero-order valence-electron chi connectivity index (χ0n) is 25.1. The number of nitrogens with zero attached hydrogens (tertiary/aromatic N) is 1. The van der Waals surface area contributed by atoms with Gasteiger partial charge in [0.1, 0.15) is 15.6 Å². The predicted octanol–water partition coefficient (Wildman–Crippen LogP) is 2.79. The van der Waals surface area contributed by atoms with Crippen LogP contribution in [0.3, 0.4) is 0 Å². The van der Waals surface area contributed by atoms with Crippen molar-refractivity contribution in [2.45, 2.75) is 65.5 Å². The first-order chi connectivity index (χ1) is 20.6. The Morgan fingerprint density at radius 2 is 1.60 bits per heavy atom. The summed E-state index contributed by atoms with van der Waals surface area (Å²) in [5.41, 5.74) is 6.44. The number of benzene rings is 1. The van der Waals surface area contributed by atoms with Crippen molar-refractivity contribution in [2.24, 2.45) is 17.6 Å². The van der Waals surface area contributed by atoms with Gasteiger partial charge in [-0.2, -0.15) is 0 Å². The first kappa shape index (κ1) is 34.1. The number of nitrogens with two attached hydrogens (primary N) is 1. The monoisotopic (exact) mass is 728 g/mol. The molecule has 1 aliphatic rings. The van der Waals surface area contributed by atoms with Gasteiger partial charge >= 0.3 is 12.0 Å². The number of esters is 1. The van der Waals surface area contributed by atoms with Crippen molar-refractivity contribution in [3.63, 3.8) is 0 Å². The molecule has 0 saturated heterocycles. The topological polar surface area (TPSA) is 182 Å². The number of primary amides is 1. The minimum atomic E-state index is -0.994. The Morgan fingerprint density at radius 1 is 1.02 bits per heavy atom. The van der Waals surface area contributed by atoms with Gasteiger partial charge < -0.3 is 21.1 Å². The molecular weight excluding hydrogens is 692 g/mol. The molecule has 234 valence electrons. The fraction of sp³-hybridized carbons (Fsp3) is 0.483. The summed E-state index contributed by atoms with van der Waals surface area (Å²) in [5.74, 6) is -4.46. The van der Waals surface area contributed by atoms with Gasteiger partial charge in [0.2, 0.25) is 5.91 Å². The molecule has 0 spiro atoms. The lowest BCUT2D eigenvalue weighted by Gasteiger charge is -2.25. The van der Waals surface area contributed by atoms with E-state index >= 15 is 0 Å². The Hall–Kier alpha value is -3.39. The summed E-state index contributed by atoms with van der Waals surface area (Å²) in [6.07, 6.45) is -0.761. The molecule has 5 amide bonds. The van der Waals surface area contributed by atoms with Gasteiger partial charge in [0.05, 0.1) is 12.6 Å². The number of ether oxygens (including phenoxy) is 1. The third-order valence-electron chi connectivity index (χ3n) is 6.67. The van der Waals surface area contributed by atoms with Crippen LogP contribution in [0.25, 0.3) is 0 Å². The fourth-order valence-corrected chi connectivity index (χ4v) is 4.97. The summed E-state index contributed by atoms with van der Waals surface area (Å²) in [5, 5.41) is 5.20. The van der Waals surface area contributed by atoms with Crippen molar-refractivity contribution in [2.75, 3.05) is 13.1 Å². The second kappa shape index (κ2) is 17.0. The van der Waals surface area contributed by atoms with Crippen molar-refractivity contribution in [3.05, 3.63) is 44.4 Å². The second-order valence-electron chi connectivity index (χ2n) is 10.3. The van der Waals surface area contributed by atoms with E-state index in [4.69, 9.17) is 11.8 Å². The van der Waals surface area contributed by atoms with Gasteiger partial charge in [0.25, 0.3) is 11.8 Å². The van der Waals surface area contributed by atoms with E-state index in [1.807, 2.05) is 0 Å². The van der Waals surface area contributed by atoms with E-state index in [-0.39, 0.29) is 53.1 Å². The van der Waals surface area contributed by atoms with E-state index in [0.29, 0.717) is 17.5 Å². The smallest absolute Gasteiger partial charge is 0.312 e. The van der Waals surface area contributed by atoms with Crippen LogP contribution in [0.1, 0.15) is 58.9 Å². The van der Waals surface area contributed by atoms with Crippen LogP contribution in [0.5, 0.6) is 0 Å². The number of urea groups is 1. The van der Waals surface area contributed by atoms with E-state index < -0.39 is 60.4 Å². The molecule has 14 heteroatoms. The molecule has 1 aromatic carbocycles. The van der Waals surface area contributed by atoms with Crippen LogP contribution >= 0.6 is 31.9 Å². The van der Waals surface area contributed by atoms with Crippen molar-refractivity contribution >= 4 is 73.1 Å². The number of carbonyl (C=O) groups excluding carboxylic acids is 7. The molecule has 1 aromatic rings. The lowest BCUT2D eigenvalue weighted by Crippen LogP contribution is -2.46. The van der Waals surface area contributed by atoms with Crippen LogP contribution in [0.4, 0.5) is 4.79 Å². The molecule has 0 aromatic heterocycles. The Balaban J connectivity index is 2.09. The zero-order valence-corrected chi connectivity index (χ0v) is 27.3. The second-order valence-corrected chi connectivity index (χ2v) is 11.9. The van der Waals surface area contributed by atoms with Crippen LogP contribution in [0.2, 0.25) is 0 Å². The number of carbonyl (C=O) groups is 7. The number of halogens is 2. The number of nitrogens with one attached hydrogen (secondary N) is 2. The number of imide groups is 1. The van der Waals surface area contributed by atoms with E-state index in [1.165, 1.54) is 6.92 Å². The van der Waals surface area contributed by atoms with Crippen molar-refractivity contribution in [1.82, 2.24) is 15.5 Å². The predicted molar refractivity (Wildman–Crippen MR) is 164 cm³/mol. The number of hydrogen-bond donors (Lipinski definition) is 3. The quantitative estimate of drug-likeness (QED) is 0.124. The van der Waals surface area contributed by atoms with E-state index in [2.05, 4.69) is 42.5 Å². The minimum Gasteiger partial charge on any atom is -0.461 e. The Labute approximate surface area is 268 Å². The average molecular weight is 730 g/mol. The third kappa shape index (κ3) is 11.0. The maximum absolute atomic E-state index is 13.4. The van der Waals surface area contributed by atoms with Crippen LogP contribution < -0.4 is 16.4 Å². The molecule has 1 unspecified atom stereocenters. The highest BCUT2D eigenvalue weighted by atomic mass is 79.9. The highest BCUT2D eigenvalue weighted by Gasteiger charge is 2.38. The lowest BCUT2D eigenvalue weighted by molar-refractivity contribution is -0.144. The standard InChI is InChI=1S/C29H36Br2N4O8/c1-4-23(38)43-15-18-9-7-17(8-10-18)12-22(37)21(6-5-11-33-29(32)42)34-26(39)20(16(2)3)13-19(36)14-35-27(40)24(30)25(31)28(35)41/h7-10,16,20-21H,4-6,11-15H2,1-3H3,(H,34,39)(H3,32,33,42)/t20-,21-/m0/s1/i4T/t4?,20-,21-. The van der Waals surface area contributed by atoms with Gasteiger partial charge in [-0.15, -0.1) is 0 Å². The number of ketones is 2. The largest absolute Gasteiger partial charge is 0.461 e. The molecule has 3 atom stereocenters. The zero-order chi connectivity index (χ0) is 33.1. The Morgan fingerprint density at radius 3 is 2.14 bits per heavy atom. The summed E-state index contributed by atoms with van der Waals surface area (Å²) >= 11 is 6.03. The maximum atomic E-state index is 13.4. The van der Waals surface area contributed by atoms with Crippen LogP contribution in [-0.2, 0) is 46.5 Å². The molecular formula is C29H36Br2N4O8. The highest BCUT2D eigenvalue weighted by molar-refractivity contribution is 9.14. The van der Waals surface area contributed by atoms with Gasteiger partial charge in [-0.1, -0.05) is 45.0 Å². The van der Waals surface area contributed by atoms with Crippen LogP contribution in [0.15, 0.2) is 33.2 Å². The average Bonchev–Trinajstić information content (AvgIpc) is 3.14. The summed E-state index contributed by atoms with van der Waals surface area (Å²) in [4.78, 5) is 87.6. The normalized spacial score (nSPS) is 15.6. The first-order valence-electron chi connectivity index (χ1n) is 14.2. The summed E-state index contributed by atoms with van der Waals surface area (Å²) < 4.78 is 12.4. The van der Waals surface area contributed by atoms with E-state index in [9.17, 15) is 33.6 Å². The van der Waals surface area contributed by atoms with E-state index in [0.717, 1.165) is 4.90 Å². The summed E-state index contributed by atoms with van der Waals surface area (Å²) in [7, 11) is 0. The Bertz CT molecular complexity index is 1290. The van der Waals surface area contributed by atoms with Gasteiger partial charge in [0.15, 0.2) is 11.6 Å². The van der Waals surface area contributed by atoms with Crippen molar-refractivity contribution in [3.8, 4) is 0 Å². The molecule has 0 fully saturated rings. The third-order valence-corrected chi connectivity index (χ3v) is 8.68. The summed E-state index contributed by atoms with van der Waals surface area (Å²) in [6.45, 7) is 4.57. The molecule has 12 nitrogen and oxygen atoms in total. The van der Waals surface area contributed by atoms with Crippen molar-refractivity contribution < 1.29 is 39.7 Å². The number of rotatable bonds is 17. The number of Topliss-reactive ketones (excluding diaryl/α,β-unsaturated/α-hetero) is 2. The molecule has 2 rings (SSSR count). The van der Waals surface area contributed by atoms with Crippen molar-refractivity contribution in [1.29, 1.82) is 0 Å². The number of amides is 5. The SMILES string of the molecule is [3H]C(C)C(=O)OCc1ccc(CC(=O)[C@H](CCCNC(N)=O)NC(=O)[C@@H](CC(=O)CN2C(=O)C(Br)=C(Br)C2=O)C(C)C)cc1. The lowest BCUT2D eigenvalue weighted by atomic mass is 9.88. The van der Waals surface area contributed by atoms with Crippen LogP contribution in [0, 0.1) is 11.8 Å². The molecule has 43 heavy (non-hydrogen) atoms. The van der Waals surface area contributed by atoms with Crippen LogP contribution in [-0.4, -0.2) is 65.3 Å². The molecule has 0 bridgehead atoms. The summed E-state index contributed by atoms with van der Waals surface area (Å²) in [6, 6.07) is 5.12. The maximum Gasteiger partial charge on any atom is 0.312 e. The molecule has 1 heterocycles. The number of hydrogen-bond acceptors (Lipinski definition) is 8. The molecule has 0 radical (unpaired) electrons. The minimum absolute atomic E-state index is 0.0116. The van der Waals surface area contributed by atoms with Gasteiger partial charge in [0, 0.05) is 33.1 Å². The Kier molecular flexibility index (Phi) is 13.5.